The standard InChI is InChI=1S/C26H26F6N2O3S/c27-25(28,29)23-17(5-7-22(35)34-10-14-37-15-11-34)4-6-21(24(23)26(30,31)32)38-20-3-1-2-19(16-20)33-18-8-12-36-13-9-18/h1-7,16,18,33H,8-15H2/b7-5+. The van der Waals surface area contributed by atoms with E-state index in [-0.39, 0.29) is 32.3 Å². The maximum atomic E-state index is 14.1. The van der Waals surface area contributed by atoms with E-state index in [2.05, 4.69) is 5.32 Å². The second-order valence-electron chi connectivity index (χ2n) is 8.83. The maximum Gasteiger partial charge on any atom is 0.418 e. The van der Waals surface area contributed by atoms with Crippen LogP contribution in [0.3, 0.4) is 0 Å². The van der Waals surface area contributed by atoms with Crippen molar-refractivity contribution in [1.29, 1.82) is 0 Å². The van der Waals surface area contributed by atoms with Crippen molar-refractivity contribution in [2.45, 2.75) is 41.0 Å². The van der Waals surface area contributed by atoms with Crippen LogP contribution in [-0.4, -0.2) is 56.4 Å². The Balaban J connectivity index is 1.66. The fraction of sp³-hybridized carbons (Fsp3) is 0.423. The molecule has 2 aromatic rings. The van der Waals surface area contributed by atoms with Crippen LogP contribution in [0.15, 0.2) is 52.3 Å². The summed E-state index contributed by atoms with van der Waals surface area (Å²) < 4.78 is 95.2. The van der Waals surface area contributed by atoms with Crippen LogP contribution in [0.1, 0.15) is 29.5 Å². The van der Waals surface area contributed by atoms with E-state index < -0.39 is 39.8 Å². The molecule has 1 N–H and O–H groups in total. The fourth-order valence-electron chi connectivity index (χ4n) is 4.31. The Hall–Kier alpha value is -2.70. The van der Waals surface area contributed by atoms with Crippen molar-refractivity contribution in [3.8, 4) is 0 Å². The first-order chi connectivity index (χ1) is 18.0. The molecule has 0 atom stereocenters. The molecule has 12 heteroatoms. The Labute approximate surface area is 220 Å². The van der Waals surface area contributed by atoms with Gasteiger partial charge in [0, 0.05) is 53.9 Å². The molecule has 5 nitrogen and oxygen atoms in total. The number of hydrogen-bond acceptors (Lipinski definition) is 5. The summed E-state index contributed by atoms with van der Waals surface area (Å²) in [6.07, 6.45) is -7.39. The van der Waals surface area contributed by atoms with Crippen LogP contribution in [0, 0.1) is 0 Å². The summed E-state index contributed by atoms with van der Waals surface area (Å²) in [7, 11) is 0. The molecule has 0 saturated carbocycles. The first-order valence-electron chi connectivity index (χ1n) is 12.0. The zero-order valence-electron chi connectivity index (χ0n) is 20.2. The van der Waals surface area contributed by atoms with Gasteiger partial charge >= 0.3 is 12.4 Å². The first-order valence-corrected chi connectivity index (χ1v) is 12.8. The molecular formula is C26H26F6N2O3S. The molecule has 0 unspecified atom stereocenters. The van der Waals surface area contributed by atoms with Crippen molar-refractivity contribution < 1.29 is 40.6 Å². The number of carbonyl (C=O) groups is 1. The smallest absolute Gasteiger partial charge is 0.382 e. The summed E-state index contributed by atoms with van der Waals surface area (Å²) in [5.74, 6) is -0.595. The van der Waals surface area contributed by atoms with E-state index in [4.69, 9.17) is 9.47 Å². The Morgan fingerprint density at radius 1 is 0.921 bits per heavy atom. The number of alkyl halides is 6. The van der Waals surface area contributed by atoms with Crippen molar-refractivity contribution in [2.24, 2.45) is 0 Å². The van der Waals surface area contributed by atoms with Crippen LogP contribution in [0.2, 0.25) is 0 Å². The topological polar surface area (TPSA) is 50.8 Å². The van der Waals surface area contributed by atoms with E-state index in [9.17, 15) is 31.1 Å². The molecule has 2 aliphatic rings. The largest absolute Gasteiger partial charge is 0.418 e. The molecule has 2 aromatic carbocycles. The fourth-order valence-corrected chi connectivity index (χ4v) is 5.36. The predicted octanol–water partition coefficient (Wildman–Crippen LogP) is 6.34. The van der Waals surface area contributed by atoms with E-state index in [0.717, 1.165) is 37.1 Å². The third kappa shape index (κ3) is 7.23. The number of amides is 1. The second kappa shape index (κ2) is 12.0. The number of rotatable bonds is 6. The average molecular weight is 561 g/mol. The van der Waals surface area contributed by atoms with Crippen LogP contribution in [-0.2, 0) is 26.6 Å². The van der Waals surface area contributed by atoms with Gasteiger partial charge < -0.3 is 19.7 Å². The highest BCUT2D eigenvalue weighted by Gasteiger charge is 2.46. The van der Waals surface area contributed by atoms with Crippen molar-refractivity contribution in [2.75, 3.05) is 44.8 Å². The normalized spacial score (nSPS) is 17.7. The highest BCUT2D eigenvalue weighted by molar-refractivity contribution is 7.99. The molecule has 2 saturated heterocycles. The summed E-state index contributed by atoms with van der Waals surface area (Å²) in [5.41, 5.74) is -3.67. The quantitative estimate of drug-likeness (QED) is 0.330. The number of nitrogens with zero attached hydrogens (tertiary/aromatic N) is 1. The predicted molar refractivity (Wildman–Crippen MR) is 131 cm³/mol. The summed E-state index contributed by atoms with van der Waals surface area (Å²) in [4.78, 5) is 13.5. The number of anilines is 1. The van der Waals surface area contributed by atoms with Crippen LogP contribution >= 0.6 is 11.8 Å². The Morgan fingerprint density at radius 2 is 1.58 bits per heavy atom. The SMILES string of the molecule is O=C(/C=C/c1ccc(Sc2cccc(NC3CCOCC3)c2)c(C(F)(F)F)c1C(F)(F)F)N1CCOCC1. The Bertz CT molecular complexity index is 1160. The minimum atomic E-state index is -5.31. The lowest BCUT2D eigenvalue weighted by Crippen LogP contribution is -2.39. The average Bonchev–Trinajstić information content (AvgIpc) is 2.87. The second-order valence-corrected chi connectivity index (χ2v) is 9.95. The molecule has 2 heterocycles. The molecule has 2 aliphatic heterocycles. The van der Waals surface area contributed by atoms with Crippen LogP contribution < -0.4 is 5.32 Å². The molecule has 1 amide bonds. The zero-order valence-corrected chi connectivity index (χ0v) is 21.0. The van der Waals surface area contributed by atoms with Gasteiger partial charge in [-0.1, -0.05) is 23.9 Å². The number of morpholine rings is 1. The lowest BCUT2D eigenvalue weighted by molar-refractivity contribution is -0.163. The maximum absolute atomic E-state index is 14.1. The van der Waals surface area contributed by atoms with Crippen molar-refractivity contribution >= 4 is 29.4 Å². The molecule has 38 heavy (non-hydrogen) atoms. The van der Waals surface area contributed by atoms with Crippen LogP contribution in [0.25, 0.3) is 6.08 Å². The van der Waals surface area contributed by atoms with Gasteiger partial charge in [0.15, 0.2) is 0 Å². The van der Waals surface area contributed by atoms with Gasteiger partial charge in [0.1, 0.15) is 0 Å². The van der Waals surface area contributed by atoms with Gasteiger partial charge in [0.25, 0.3) is 0 Å². The lowest BCUT2D eigenvalue weighted by Gasteiger charge is -2.25. The van der Waals surface area contributed by atoms with E-state index in [1.165, 1.54) is 4.90 Å². The molecule has 2 fully saturated rings. The van der Waals surface area contributed by atoms with E-state index in [1.807, 2.05) is 0 Å². The molecule has 206 valence electrons. The summed E-state index contributed by atoms with van der Waals surface area (Å²) in [6.45, 7) is 2.26. The number of carbonyl (C=O) groups excluding carboxylic acids is 1. The van der Waals surface area contributed by atoms with Gasteiger partial charge in [0.05, 0.1) is 24.3 Å². The molecular weight excluding hydrogens is 534 g/mol. The summed E-state index contributed by atoms with van der Waals surface area (Å²) in [6, 6.07) is 8.66. The zero-order chi connectivity index (χ0) is 27.3. The van der Waals surface area contributed by atoms with Gasteiger partial charge in [-0.25, -0.2) is 0 Å². The number of halogens is 6. The number of ether oxygens (including phenoxy) is 2. The van der Waals surface area contributed by atoms with Crippen molar-refractivity contribution in [3.63, 3.8) is 0 Å². The molecule has 0 aliphatic carbocycles. The number of nitrogens with one attached hydrogen (secondary N) is 1. The molecule has 0 aromatic heterocycles. The van der Waals surface area contributed by atoms with Gasteiger partial charge in [-0.05, 0) is 48.7 Å². The molecule has 4 rings (SSSR count). The third-order valence-electron chi connectivity index (χ3n) is 6.15. The van der Waals surface area contributed by atoms with Gasteiger partial charge in [-0.3, -0.25) is 4.79 Å². The first kappa shape index (κ1) is 28.3. The van der Waals surface area contributed by atoms with E-state index >= 15 is 0 Å². The monoisotopic (exact) mass is 560 g/mol. The Morgan fingerprint density at radius 3 is 2.24 bits per heavy atom. The summed E-state index contributed by atoms with van der Waals surface area (Å²) >= 11 is 0.606. The molecule has 0 radical (unpaired) electrons. The highest BCUT2D eigenvalue weighted by atomic mass is 32.2. The lowest BCUT2D eigenvalue weighted by atomic mass is 9.99. The van der Waals surface area contributed by atoms with Gasteiger partial charge in [-0.2, -0.15) is 26.3 Å². The van der Waals surface area contributed by atoms with Crippen LogP contribution in [0.5, 0.6) is 0 Å². The van der Waals surface area contributed by atoms with Crippen LogP contribution in [0.4, 0.5) is 32.0 Å². The minimum Gasteiger partial charge on any atom is -0.382 e. The van der Waals surface area contributed by atoms with Gasteiger partial charge in [0.2, 0.25) is 5.91 Å². The third-order valence-corrected chi connectivity index (χ3v) is 7.20. The van der Waals surface area contributed by atoms with Crippen molar-refractivity contribution in [1.82, 2.24) is 4.90 Å². The van der Waals surface area contributed by atoms with E-state index in [1.54, 1.807) is 24.3 Å². The molecule has 0 spiro atoms. The Kier molecular flexibility index (Phi) is 8.94. The minimum absolute atomic E-state index is 0.137. The number of hydrogen-bond donors (Lipinski definition) is 1. The highest BCUT2D eigenvalue weighted by Crippen LogP contribution is 2.48. The van der Waals surface area contributed by atoms with Gasteiger partial charge in [-0.15, -0.1) is 0 Å². The molecule has 0 bridgehead atoms. The van der Waals surface area contributed by atoms with Crippen molar-refractivity contribution in [3.05, 3.63) is 59.2 Å². The summed E-state index contributed by atoms with van der Waals surface area (Å²) in [5, 5.41) is 3.30. The van der Waals surface area contributed by atoms with E-state index in [0.29, 0.717) is 35.6 Å². The number of benzene rings is 2.